The van der Waals surface area contributed by atoms with Gasteiger partial charge in [0.15, 0.2) is 12.0 Å². The summed E-state index contributed by atoms with van der Waals surface area (Å²) < 4.78 is 8.14. The average Bonchev–Trinajstić information content (AvgIpc) is 3.22. The third kappa shape index (κ3) is 4.72. The molecule has 7 heteroatoms. The van der Waals surface area contributed by atoms with E-state index in [1.54, 1.807) is 0 Å². The number of nitrogens with one attached hydrogen (secondary N) is 1. The topological polar surface area (TPSA) is 83.5 Å². The van der Waals surface area contributed by atoms with Crippen LogP contribution < -0.4 is 20.7 Å². The van der Waals surface area contributed by atoms with Gasteiger partial charge in [0.2, 0.25) is 11.8 Å². The molecule has 3 N–H and O–H groups in total. The van der Waals surface area contributed by atoms with Gasteiger partial charge in [-0.3, -0.25) is 4.79 Å². The molecule has 2 aliphatic rings. The minimum Gasteiger partial charge on any atom is -0.478 e. The third-order valence-electron chi connectivity index (χ3n) is 5.49. The smallest absolute Gasteiger partial charge is 0.244 e. The van der Waals surface area contributed by atoms with Crippen molar-refractivity contribution in [3.8, 4) is 5.88 Å². The van der Waals surface area contributed by atoms with Crippen LogP contribution in [0.5, 0.6) is 5.88 Å². The van der Waals surface area contributed by atoms with Crippen LogP contribution >= 0.6 is 0 Å². The Bertz CT molecular complexity index is 949. The van der Waals surface area contributed by atoms with Crippen molar-refractivity contribution < 1.29 is 14.1 Å². The SMILES string of the molecule is CCCCOc1cc2c(c(N)n1)NC(=O)CN2Cc1cccc(C=[N+]2CCCC2)c1. The molecule has 1 aromatic carbocycles. The lowest BCUT2D eigenvalue weighted by atomic mass is 10.1. The van der Waals surface area contributed by atoms with E-state index < -0.39 is 0 Å². The predicted molar refractivity (Wildman–Crippen MR) is 120 cm³/mol. The molecule has 1 aromatic heterocycles. The van der Waals surface area contributed by atoms with Gasteiger partial charge < -0.3 is 20.7 Å². The highest BCUT2D eigenvalue weighted by atomic mass is 16.5. The van der Waals surface area contributed by atoms with Crippen LogP contribution in [0.4, 0.5) is 17.2 Å². The first-order valence-corrected chi connectivity index (χ1v) is 10.8. The second-order valence-corrected chi connectivity index (χ2v) is 7.96. The van der Waals surface area contributed by atoms with Gasteiger partial charge in [0, 0.05) is 31.0 Å². The van der Waals surface area contributed by atoms with E-state index in [4.69, 9.17) is 10.5 Å². The Morgan fingerprint density at radius 3 is 2.93 bits per heavy atom. The number of rotatable bonds is 7. The summed E-state index contributed by atoms with van der Waals surface area (Å²) in [5, 5.41) is 2.86. The molecule has 1 amide bonds. The predicted octanol–water partition coefficient (Wildman–Crippen LogP) is 3.03. The van der Waals surface area contributed by atoms with E-state index in [0.717, 1.165) is 37.2 Å². The molecule has 2 aromatic rings. The van der Waals surface area contributed by atoms with Crippen LogP contribution in [-0.4, -0.2) is 47.9 Å². The molecule has 3 heterocycles. The molecule has 158 valence electrons. The summed E-state index contributed by atoms with van der Waals surface area (Å²) in [4.78, 5) is 18.6. The second-order valence-electron chi connectivity index (χ2n) is 7.96. The van der Waals surface area contributed by atoms with E-state index in [1.807, 2.05) is 11.0 Å². The number of fused-ring (bicyclic) bond motifs is 1. The fraction of sp³-hybridized carbons (Fsp3) is 0.435. The van der Waals surface area contributed by atoms with Crippen molar-refractivity contribution in [2.24, 2.45) is 0 Å². The Morgan fingerprint density at radius 1 is 1.30 bits per heavy atom. The fourth-order valence-electron chi connectivity index (χ4n) is 3.95. The molecule has 1 fully saturated rings. The Morgan fingerprint density at radius 2 is 2.13 bits per heavy atom. The first-order valence-electron chi connectivity index (χ1n) is 10.8. The summed E-state index contributed by atoms with van der Waals surface area (Å²) in [5.41, 5.74) is 9.88. The molecule has 2 aliphatic heterocycles. The Balaban J connectivity index is 1.58. The number of nitrogen functional groups attached to an aromatic ring is 1. The van der Waals surface area contributed by atoms with E-state index in [-0.39, 0.29) is 18.3 Å². The van der Waals surface area contributed by atoms with E-state index in [2.05, 4.69) is 52.3 Å². The second kappa shape index (κ2) is 9.15. The van der Waals surface area contributed by atoms with E-state index >= 15 is 0 Å². The molecule has 0 bridgehead atoms. The van der Waals surface area contributed by atoms with Crippen molar-refractivity contribution >= 4 is 29.3 Å². The number of carbonyl (C=O) groups excluding carboxylic acids is 1. The van der Waals surface area contributed by atoms with Crippen molar-refractivity contribution in [2.45, 2.75) is 39.2 Å². The lowest BCUT2D eigenvalue weighted by molar-refractivity contribution is -0.500. The maximum absolute atomic E-state index is 12.3. The number of ether oxygens (including phenoxy) is 1. The zero-order valence-corrected chi connectivity index (χ0v) is 17.6. The maximum Gasteiger partial charge on any atom is 0.244 e. The van der Waals surface area contributed by atoms with Crippen LogP contribution in [0, 0.1) is 0 Å². The van der Waals surface area contributed by atoms with Crippen molar-refractivity contribution in [3.63, 3.8) is 0 Å². The molecule has 0 saturated carbocycles. The summed E-state index contributed by atoms with van der Waals surface area (Å²) in [6, 6.07) is 10.4. The third-order valence-corrected chi connectivity index (χ3v) is 5.49. The number of benzene rings is 1. The van der Waals surface area contributed by atoms with E-state index in [0.29, 0.717) is 24.7 Å². The van der Waals surface area contributed by atoms with Gasteiger partial charge >= 0.3 is 0 Å². The Kier molecular flexibility index (Phi) is 6.16. The van der Waals surface area contributed by atoms with Gasteiger partial charge in [-0.25, -0.2) is 4.58 Å². The monoisotopic (exact) mass is 408 g/mol. The number of aromatic nitrogens is 1. The molecular weight excluding hydrogens is 378 g/mol. The molecule has 7 nitrogen and oxygen atoms in total. The van der Waals surface area contributed by atoms with Crippen LogP contribution in [-0.2, 0) is 11.3 Å². The van der Waals surface area contributed by atoms with Crippen LogP contribution in [0.2, 0.25) is 0 Å². The number of anilines is 3. The molecule has 0 aliphatic carbocycles. The molecule has 4 rings (SSSR count). The average molecular weight is 409 g/mol. The number of hydrogen-bond donors (Lipinski definition) is 2. The number of amides is 1. The van der Waals surface area contributed by atoms with Gasteiger partial charge in [-0.1, -0.05) is 25.5 Å². The molecular formula is C23H30N5O2+. The summed E-state index contributed by atoms with van der Waals surface area (Å²) >= 11 is 0. The largest absolute Gasteiger partial charge is 0.478 e. The summed E-state index contributed by atoms with van der Waals surface area (Å²) in [5.74, 6) is 0.695. The summed E-state index contributed by atoms with van der Waals surface area (Å²) in [6.45, 7) is 5.84. The van der Waals surface area contributed by atoms with Crippen molar-refractivity contribution in [1.29, 1.82) is 0 Å². The highest BCUT2D eigenvalue weighted by molar-refractivity contribution is 6.04. The van der Waals surface area contributed by atoms with E-state index in [9.17, 15) is 4.79 Å². The normalized spacial score (nSPS) is 15.7. The van der Waals surface area contributed by atoms with Crippen LogP contribution in [0.1, 0.15) is 43.7 Å². The Hall–Kier alpha value is -3.09. The van der Waals surface area contributed by atoms with Crippen molar-refractivity contribution in [2.75, 3.05) is 42.2 Å². The van der Waals surface area contributed by atoms with Gasteiger partial charge in [-0.2, -0.15) is 4.98 Å². The molecule has 0 spiro atoms. The number of nitrogens with zero attached hydrogens (tertiary/aromatic N) is 3. The number of pyridine rings is 1. The standard InChI is InChI=1S/C23H29N5O2/c1-2-3-11-30-21-13-19-22(23(24)26-21)25-20(29)16-28(19)15-18-8-6-7-17(12-18)14-27-9-4-5-10-27/h6-8,12-14H,2-5,9-11,15-16H2,1H3,(H2-,24,25,26,29)/p+1. The van der Waals surface area contributed by atoms with Crippen LogP contribution in [0.25, 0.3) is 0 Å². The van der Waals surface area contributed by atoms with E-state index in [1.165, 1.54) is 18.4 Å². The lowest BCUT2D eigenvalue weighted by Crippen LogP contribution is -2.38. The van der Waals surface area contributed by atoms with Crippen LogP contribution in [0.15, 0.2) is 30.3 Å². The van der Waals surface area contributed by atoms with Gasteiger partial charge in [-0.15, -0.1) is 0 Å². The first-order chi connectivity index (χ1) is 14.6. The van der Waals surface area contributed by atoms with Crippen molar-refractivity contribution in [3.05, 3.63) is 41.5 Å². The highest BCUT2D eigenvalue weighted by Crippen LogP contribution is 2.37. The molecule has 0 radical (unpaired) electrons. The van der Waals surface area contributed by atoms with Crippen LogP contribution in [0.3, 0.4) is 0 Å². The zero-order chi connectivity index (χ0) is 20.9. The van der Waals surface area contributed by atoms with Gasteiger partial charge in [0.1, 0.15) is 18.8 Å². The number of nitrogens with two attached hydrogens (primary N) is 1. The van der Waals surface area contributed by atoms with Gasteiger partial charge in [0.05, 0.1) is 18.8 Å². The molecule has 30 heavy (non-hydrogen) atoms. The minimum atomic E-state index is -0.0876. The lowest BCUT2D eigenvalue weighted by Gasteiger charge is -2.31. The van der Waals surface area contributed by atoms with Crippen molar-refractivity contribution in [1.82, 2.24) is 4.98 Å². The van der Waals surface area contributed by atoms with Gasteiger partial charge in [0.25, 0.3) is 0 Å². The molecule has 1 saturated heterocycles. The first kappa shape index (κ1) is 20.2. The summed E-state index contributed by atoms with van der Waals surface area (Å²) in [7, 11) is 0. The highest BCUT2D eigenvalue weighted by Gasteiger charge is 2.26. The maximum atomic E-state index is 12.3. The quantitative estimate of drug-likeness (QED) is 0.544. The number of hydrogen-bond acceptors (Lipinski definition) is 5. The van der Waals surface area contributed by atoms with Gasteiger partial charge in [-0.05, 0) is 24.1 Å². The zero-order valence-electron chi connectivity index (χ0n) is 17.6. The number of carbonyl (C=O) groups is 1. The summed E-state index contributed by atoms with van der Waals surface area (Å²) in [6.07, 6.45) is 6.75. The number of unbranched alkanes of at least 4 members (excludes halogenated alkanes) is 1. The fourth-order valence-corrected chi connectivity index (χ4v) is 3.95. The Labute approximate surface area is 177 Å². The molecule has 0 unspecified atom stereocenters. The minimum absolute atomic E-state index is 0.0876. The molecule has 0 atom stereocenters.